The molecule has 1 unspecified atom stereocenters. The zero-order valence-corrected chi connectivity index (χ0v) is 16.4. The van der Waals surface area contributed by atoms with E-state index in [0.29, 0.717) is 13.2 Å². The van der Waals surface area contributed by atoms with Crippen molar-refractivity contribution < 1.29 is 18.3 Å². The number of aryl methyl sites for hydroxylation is 2. The highest BCUT2D eigenvalue weighted by atomic mass is 35.5. The number of hydrogen-bond acceptors (Lipinski definition) is 3. The summed E-state index contributed by atoms with van der Waals surface area (Å²) in [6.07, 6.45) is 1.73. The van der Waals surface area contributed by atoms with E-state index in [0.717, 1.165) is 29.8 Å². The molecule has 1 atom stereocenters. The third-order valence-corrected chi connectivity index (χ3v) is 4.59. The van der Waals surface area contributed by atoms with Gasteiger partial charge in [0.25, 0.3) is 0 Å². The molecule has 1 aromatic carbocycles. The largest absolute Gasteiger partial charge is 0.490 e. The summed E-state index contributed by atoms with van der Waals surface area (Å²) in [7, 11) is 0. The molecule has 148 valence electrons. The van der Waals surface area contributed by atoms with Gasteiger partial charge in [-0.1, -0.05) is 19.4 Å². The number of aromatic nitrogens is 1. The minimum Gasteiger partial charge on any atom is -0.490 e. The van der Waals surface area contributed by atoms with Crippen molar-refractivity contribution >= 4 is 11.6 Å². The molecule has 0 saturated carbocycles. The van der Waals surface area contributed by atoms with Gasteiger partial charge in [-0.25, -0.2) is 0 Å². The Morgan fingerprint density at radius 1 is 1.11 bits per heavy atom. The summed E-state index contributed by atoms with van der Waals surface area (Å²) in [6.45, 7) is 3.61. The normalized spacial score (nSPS) is 12.3. The van der Waals surface area contributed by atoms with Gasteiger partial charge in [0.2, 0.25) is 0 Å². The number of unbranched alkanes of at least 4 members (excludes halogenated alkanes) is 1. The van der Waals surface area contributed by atoms with E-state index >= 15 is 0 Å². The van der Waals surface area contributed by atoms with E-state index < -0.39 is 12.0 Å². The van der Waals surface area contributed by atoms with Crippen LogP contribution in [0.4, 0.5) is 8.78 Å². The van der Waals surface area contributed by atoms with E-state index in [1.54, 1.807) is 24.3 Å². The molecule has 2 aromatic rings. The van der Waals surface area contributed by atoms with Crippen LogP contribution >= 0.6 is 11.6 Å². The van der Waals surface area contributed by atoms with E-state index in [1.807, 2.05) is 25.3 Å². The smallest absolute Gasteiger partial charge is 0.387 e. The average Bonchev–Trinajstić information content (AvgIpc) is 2.59. The average molecular weight is 400 g/mol. The molecule has 0 aliphatic rings. The summed E-state index contributed by atoms with van der Waals surface area (Å²) in [6, 6.07) is 7.84. The molecule has 27 heavy (non-hydrogen) atoms. The van der Waals surface area contributed by atoms with E-state index in [-0.39, 0.29) is 16.9 Å². The number of halogens is 3. The summed E-state index contributed by atoms with van der Waals surface area (Å²) in [5.74, 6) is 0.240. The Morgan fingerprint density at radius 2 is 1.78 bits per heavy atom. The number of nitrogens with zero attached hydrogens (tertiary/aromatic N) is 1. The Labute approximate surface area is 162 Å². The third-order valence-electron chi connectivity index (χ3n) is 4.20. The Morgan fingerprint density at radius 3 is 2.37 bits per heavy atom. The van der Waals surface area contributed by atoms with Crippen molar-refractivity contribution in [1.82, 2.24) is 4.57 Å². The minimum atomic E-state index is -2.93. The first kappa shape index (κ1) is 21.2. The first-order valence-corrected chi connectivity index (χ1v) is 9.29. The monoisotopic (exact) mass is 399 g/mol. The second kappa shape index (κ2) is 9.74. The molecule has 0 radical (unpaired) electrons. The van der Waals surface area contributed by atoms with Crippen molar-refractivity contribution in [2.75, 3.05) is 6.61 Å². The van der Waals surface area contributed by atoms with Gasteiger partial charge in [-0.3, -0.25) is 4.79 Å². The van der Waals surface area contributed by atoms with Gasteiger partial charge in [0, 0.05) is 30.1 Å². The number of rotatable bonds is 9. The first-order valence-electron chi connectivity index (χ1n) is 8.85. The fraction of sp³-hybridized carbons (Fsp3) is 0.450. The van der Waals surface area contributed by atoms with Gasteiger partial charge in [-0.05, 0) is 38.0 Å². The van der Waals surface area contributed by atoms with Crippen molar-refractivity contribution in [2.24, 2.45) is 0 Å². The molecule has 7 heteroatoms. The highest BCUT2D eigenvalue weighted by Gasteiger charge is 2.17. The van der Waals surface area contributed by atoms with E-state index in [2.05, 4.69) is 4.74 Å². The molecule has 0 bridgehead atoms. The van der Waals surface area contributed by atoms with Gasteiger partial charge in [-0.2, -0.15) is 8.78 Å². The molecular formula is C20H24ClF2NO3. The van der Waals surface area contributed by atoms with Crippen molar-refractivity contribution in [1.29, 1.82) is 0 Å². The first-order chi connectivity index (χ1) is 12.8. The topological polar surface area (TPSA) is 40.5 Å². The lowest BCUT2D eigenvalue weighted by Crippen LogP contribution is -2.15. The number of pyridine rings is 1. The van der Waals surface area contributed by atoms with E-state index in [1.165, 1.54) is 6.07 Å². The Kier molecular flexibility index (Phi) is 7.66. The van der Waals surface area contributed by atoms with Crippen LogP contribution in [0.15, 0.2) is 35.1 Å². The predicted octanol–water partition coefficient (Wildman–Crippen LogP) is 5.23. The molecule has 0 spiro atoms. The van der Waals surface area contributed by atoms with E-state index in [4.69, 9.17) is 16.3 Å². The quantitative estimate of drug-likeness (QED) is 0.428. The van der Waals surface area contributed by atoms with Gasteiger partial charge in [0.05, 0.1) is 12.0 Å². The molecular weight excluding hydrogens is 376 g/mol. The molecule has 0 N–H and O–H groups in total. The number of benzene rings is 1. The van der Waals surface area contributed by atoms with Gasteiger partial charge < -0.3 is 14.0 Å². The van der Waals surface area contributed by atoms with Gasteiger partial charge >= 0.3 is 6.61 Å². The molecule has 0 fully saturated rings. The summed E-state index contributed by atoms with van der Waals surface area (Å²) in [5.41, 5.74) is 2.29. The highest BCUT2D eigenvalue weighted by molar-refractivity contribution is 6.20. The summed E-state index contributed by atoms with van der Waals surface area (Å²) >= 11 is 6.57. The lowest BCUT2D eigenvalue weighted by atomic mass is 10.1. The molecule has 4 nitrogen and oxygen atoms in total. The maximum absolute atomic E-state index is 12.6. The molecule has 2 rings (SSSR count). The molecule has 0 aliphatic heterocycles. The fourth-order valence-electron chi connectivity index (χ4n) is 2.79. The summed E-state index contributed by atoms with van der Waals surface area (Å²) in [5, 5.41) is -0.431. The summed E-state index contributed by atoms with van der Waals surface area (Å²) < 4.78 is 37.3. The second-order valence-corrected chi connectivity index (χ2v) is 6.87. The minimum absolute atomic E-state index is 0.00978. The van der Waals surface area contributed by atoms with Gasteiger partial charge in [0.15, 0.2) is 16.9 Å². The second-order valence-electron chi connectivity index (χ2n) is 6.34. The van der Waals surface area contributed by atoms with Crippen LogP contribution in [0.1, 0.15) is 42.1 Å². The molecule has 0 amide bonds. The predicted molar refractivity (Wildman–Crippen MR) is 102 cm³/mol. The lowest BCUT2D eigenvalue weighted by Gasteiger charge is -2.19. The standard InChI is InChI=1S/C20H24ClF2NO3/c1-4-5-8-26-19-11-15(6-7-18(19)27-20(22)23)17(21)12-24-13(2)9-16(25)10-14(24)3/h6-7,9-11,17,20H,4-5,8,12H2,1-3H3. The maximum atomic E-state index is 12.6. The third kappa shape index (κ3) is 5.96. The molecule has 1 aromatic heterocycles. The molecule has 1 heterocycles. The van der Waals surface area contributed by atoms with E-state index in [9.17, 15) is 13.6 Å². The number of hydrogen-bond donors (Lipinski definition) is 0. The molecule has 0 saturated heterocycles. The maximum Gasteiger partial charge on any atom is 0.387 e. The Bertz CT molecular complexity index is 797. The zero-order valence-electron chi connectivity index (χ0n) is 15.7. The Balaban J connectivity index is 2.26. The van der Waals surface area contributed by atoms with Crippen LogP contribution in [0.5, 0.6) is 11.5 Å². The van der Waals surface area contributed by atoms with Crippen LogP contribution < -0.4 is 14.9 Å². The van der Waals surface area contributed by atoms with Crippen molar-refractivity contribution in [2.45, 2.75) is 52.1 Å². The van der Waals surface area contributed by atoms with Gasteiger partial charge in [-0.15, -0.1) is 11.6 Å². The highest BCUT2D eigenvalue weighted by Crippen LogP contribution is 2.34. The van der Waals surface area contributed by atoms with Crippen LogP contribution in [-0.2, 0) is 6.54 Å². The van der Waals surface area contributed by atoms with Crippen molar-refractivity contribution in [3.8, 4) is 11.5 Å². The zero-order chi connectivity index (χ0) is 20.0. The van der Waals surface area contributed by atoms with Crippen LogP contribution in [0.3, 0.4) is 0 Å². The van der Waals surface area contributed by atoms with Crippen LogP contribution in [0.25, 0.3) is 0 Å². The fourth-order valence-corrected chi connectivity index (χ4v) is 3.07. The van der Waals surface area contributed by atoms with Crippen LogP contribution in [-0.4, -0.2) is 17.8 Å². The number of ether oxygens (including phenoxy) is 2. The SMILES string of the molecule is CCCCOc1cc(C(Cl)Cn2c(C)cc(=O)cc2C)ccc1OC(F)F. The molecule has 0 aliphatic carbocycles. The van der Waals surface area contributed by atoms with Crippen LogP contribution in [0, 0.1) is 13.8 Å². The van der Waals surface area contributed by atoms with Gasteiger partial charge in [0.1, 0.15) is 0 Å². The lowest BCUT2D eigenvalue weighted by molar-refractivity contribution is -0.0515. The van der Waals surface area contributed by atoms with Crippen LogP contribution in [0.2, 0.25) is 0 Å². The Hall–Kier alpha value is -2.08. The van der Waals surface area contributed by atoms with Crippen molar-refractivity contribution in [3.63, 3.8) is 0 Å². The number of alkyl halides is 3. The summed E-state index contributed by atoms with van der Waals surface area (Å²) in [4.78, 5) is 11.6. The van der Waals surface area contributed by atoms with Crippen molar-refractivity contribution in [3.05, 3.63) is 57.5 Å².